The topological polar surface area (TPSA) is 48.4 Å². The van der Waals surface area contributed by atoms with Crippen molar-refractivity contribution < 1.29 is 9.15 Å². The van der Waals surface area contributed by atoms with Crippen LogP contribution in [0.4, 0.5) is 0 Å². The first-order valence-electron chi connectivity index (χ1n) is 7.51. The summed E-state index contributed by atoms with van der Waals surface area (Å²) >= 11 is 0. The van der Waals surface area contributed by atoms with Gasteiger partial charge < -0.3 is 14.9 Å². The number of benzene rings is 2. The van der Waals surface area contributed by atoms with Crippen LogP contribution >= 0.6 is 0 Å². The molecule has 1 saturated heterocycles. The summed E-state index contributed by atoms with van der Waals surface area (Å²) in [6.45, 7) is 2.87. The van der Waals surface area contributed by atoms with Crippen LogP contribution in [0.1, 0.15) is 24.9 Å². The fraction of sp³-hybridized carbons (Fsp3) is 0.333. The number of furan rings is 1. The lowest BCUT2D eigenvalue weighted by atomic mass is 9.91. The SMILES string of the molecule is CC1CC(C(N)c2ccc3oc4ccccc4c3c2)CO1. The lowest BCUT2D eigenvalue weighted by Gasteiger charge is -2.18. The molecule has 1 aliphatic rings. The quantitative estimate of drug-likeness (QED) is 0.772. The number of nitrogens with two attached hydrogens (primary N) is 1. The first-order chi connectivity index (χ1) is 10.2. The van der Waals surface area contributed by atoms with Gasteiger partial charge in [-0.05, 0) is 37.1 Å². The Labute approximate surface area is 123 Å². The molecule has 1 aliphatic heterocycles. The number of ether oxygens (including phenoxy) is 1. The predicted molar refractivity (Wildman–Crippen MR) is 84.2 cm³/mol. The smallest absolute Gasteiger partial charge is 0.135 e. The monoisotopic (exact) mass is 281 g/mol. The van der Waals surface area contributed by atoms with Crippen molar-refractivity contribution in [1.82, 2.24) is 0 Å². The van der Waals surface area contributed by atoms with E-state index in [1.807, 2.05) is 24.3 Å². The van der Waals surface area contributed by atoms with Crippen molar-refractivity contribution >= 4 is 21.9 Å². The molecule has 3 heteroatoms. The van der Waals surface area contributed by atoms with Crippen molar-refractivity contribution in [3.05, 3.63) is 48.0 Å². The molecule has 0 bridgehead atoms. The van der Waals surface area contributed by atoms with Gasteiger partial charge in [0.1, 0.15) is 11.2 Å². The zero-order valence-electron chi connectivity index (χ0n) is 12.1. The van der Waals surface area contributed by atoms with Gasteiger partial charge in [-0.1, -0.05) is 24.3 Å². The normalized spacial score (nSPS) is 23.9. The fourth-order valence-corrected chi connectivity index (χ4v) is 3.32. The van der Waals surface area contributed by atoms with E-state index in [0.29, 0.717) is 12.0 Å². The molecule has 0 aliphatic carbocycles. The molecule has 1 aromatic heterocycles. The summed E-state index contributed by atoms with van der Waals surface area (Å²) in [5, 5.41) is 2.29. The third kappa shape index (κ3) is 2.13. The van der Waals surface area contributed by atoms with Crippen LogP contribution in [0.3, 0.4) is 0 Å². The Morgan fingerprint density at radius 3 is 2.71 bits per heavy atom. The van der Waals surface area contributed by atoms with Crippen LogP contribution in [0.25, 0.3) is 21.9 Å². The molecule has 2 aromatic carbocycles. The highest BCUT2D eigenvalue weighted by Gasteiger charge is 2.28. The van der Waals surface area contributed by atoms with Gasteiger partial charge in [0.25, 0.3) is 0 Å². The van der Waals surface area contributed by atoms with Crippen molar-refractivity contribution in [2.75, 3.05) is 6.61 Å². The van der Waals surface area contributed by atoms with E-state index in [9.17, 15) is 0 Å². The summed E-state index contributed by atoms with van der Waals surface area (Å²) in [4.78, 5) is 0. The van der Waals surface area contributed by atoms with Crippen LogP contribution < -0.4 is 5.73 Å². The third-order valence-electron chi connectivity index (χ3n) is 4.52. The predicted octanol–water partition coefficient (Wildman–Crippen LogP) is 4.01. The lowest BCUT2D eigenvalue weighted by Crippen LogP contribution is -2.21. The second-order valence-corrected chi connectivity index (χ2v) is 6.02. The molecule has 21 heavy (non-hydrogen) atoms. The number of hydrogen-bond acceptors (Lipinski definition) is 3. The zero-order valence-corrected chi connectivity index (χ0v) is 12.1. The van der Waals surface area contributed by atoms with Crippen LogP contribution in [0.5, 0.6) is 0 Å². The van der Waals surface area contributed by atoms with Gasteiger partial charge in [-0.15, -0.1) is 0 Å². The van der Waals surface area contributed by atoms with Crippen molar-refractivity contribution in [2.24, 2.45) is 11.7 Å². The fourth-order valence-electron chi connectivity index (χ4n) is 3.32. The van der Waals surface area contributed by atoms with Crippen molar-refractivity contribution in [2.45, 2.75) is 25.5 Å². The second-order valence-electron chi connectivity index (χ2n) is 6.02. The maximum Gasteiger partial charge on any atom is 0.135 e. The molecule has 0 saturated carbocycles. The Balaban J connectivity index is 1.77. The minimum atomic E-state index is 0.0213. The van der Waals surface area contributed by atoms with E-state index >= 15 is 0 Å². The van der Waals surface area contributed by atoms with Gasteiger partial charge in [-0.3, -0.25) is 0 Å². The highest BCUT2D eigenvalue weighted by atomic mass is 16.5. The molecular weight excluding hydrogens is 262 g/mol. The largest absolute Gasteiger partial charge is 0.456 e. The van der Waals surface area contributed by atoms with E-state index in [1.165, 1.54) is 0 Å². The van der Waals surface area contributed by atoms with E-state index < -0.39 is 0 Å². The van der Waals surface area contributed by atoms with E-state index in [2.05, 4.69) is 25.1 Å². The van der Waals surface area contributed by atoms with E-state index in [4.69, 9.17) is 14.9 Å². The van der Waals surface area contributed by atoms with E-state index in [-0.39, 0.29) is 6.04 Å². The molecule has 1 fully saturated rings. The van der Waals surface area contributed by atoms with Gasteiger partial charge in [0, 0.05) is 22.7 Å². The van der Waals surface area contributed by atoms with Crippen molar-refractivity contribution in [3.8, 4) is 0 Å². The Kier molecular flexibility index (Phi) is 2.98. The van der Waals surface area contributed by atoms with Gasteiger partial charge in [0.05, 0.1) is 12.7 Å². The van der Waals surface area contributed by atoms with Gasteiger partial charge in [0.2, 0.25) is 0 Å². The summed E-state index contributed by atoms with van der Waals surface area (Å²) in [5.41, 5.74) is 9.47. The van der Waals surface area contributed by atoms with Crippen LogP contribution in [0.15, 0.2) is 46.9 Å². The van der Waals surface area contributed by atoms with Crippen molar-refractivity contribution in [1.29, 1.82) is 0 Å². The molecule has 108 valence electrons. The molecule has 3 nitrogen and oxygen atoms in total. The van der Waals surface area contributed by atoms with Gasteiger partial charge in [0.15, 0.2) is 0 Å². The summed E-state index contributed by atoms with van der Waals surface area (Å²) in [5.74, 6) is 0.399. The first-order valence-corrected chi connectivity index (χ1v) is 7.51. The maximum atomic E-state index is 6.46. The molecule has 0 amide bonds. The summed E-state index contributed by atoms with van der Waals surface area (Å²) in [6, 6.07) is 14.4. The van der Waals surface area contributed by atoms with Gasteiger partial charge >= 0.3 is 0 Å². The van der Waals surface area contributed by atoms with Crippen LogP contribution in [-0.4, -0.2) is 12.7 Å². The minimum Gasteiger partial charge on any atom is -0.456 e. The Morgan fingerprint density at radius 2 is 1.90 bits per heavy atom. The van der Waals surface area contributed by atoms with Crippen LogP contribution in [0, 0.1) is 5.92 Å². The molecule has 3 unspecified atom stereocenters. The lowest BCUT2D eigenvalue weighted by molar-refractivity contribution is 0.118. The summed E-state index contributed by atoms with van der Waals surface area (Å²) in [6.07, 6.45) is 1.35. The molecule has 2 heterocycles. The van der Waals surface area contributed by atoms with Crippen molar-refractivity contribution in [3.63, 3.8) is 0 Å². The Morgan fingerprint density at radius 1 is 1.10 bits per heavy atom. The van der Waals surface area contributed by atoms with Crippen LogP contribution in [0.2, 0.25) is 0 Å². The second kappa shape index (κ2) is 4.86. The Hall–Kier alpha value is -1.84. The highest BCUT2D eigenvalue weighted by molar-refractivity contribution is 6.05. The molecule has 2 N–H and O–H groups in total. The molecule has 3 atom stereocenters. The zero-order chi connectivity index (χ0) is 14.4. The highest BCUT2D eigenvalue weighted by Crippen LogP contribution is 2.34. The number of fused-ring (bicyclic) bond motifs is 3. The molecule has 0 spiro atoms. The average molecular weight is 281 g/mol. The van der Waals surface area contributed by atoms with Gasteiger partial charge in [-0.25, -0.2) is 0 Å². The molecular formula is C18H19NO2. The third-order valence-corrected chi connectivity index (χ3v) is 4.52. The van der Waals surface area contributed by atoms with Crippen LogP contribution in [-0.2, 0) is 4.74 Å². The van der Waals surface area contributed by atoms with E-state index in [1.54, 1.807) is 0 Å². The van der Waals surface area contributed by atoms with E-state index in [0.717, 1.165) is 40.5 Å². The van der Waals surface area contributed by atoms with Gasteiger partial charge in [-0.2, -0.15) is 0 Å². The number of para-hydroxylation sites is 1. The number of hydrogen-bond donors (Lipinski definition) is 1. The summed E-state index contributed by atoms with van der Waals surface area (Å²) in [7, 11) is 0. The molecule has 0 radical (unpaired) electrons. The molecule has 3 aromatic rings. The minimum absolute atomic E-state index is 0.0213. The summed E-state index contributed by atoms with van der Waals surface area (Å²) < 4.78 is 11.5. The first kappa shape index (κ1) is 12.9. The molecule has 4 rings (SSSR count). The maximum absolute atomic E-state index is 6.46. The standard InChI is InChI=1S/C18H19NO2/c1-11-8-13(10-20-11)18(19)12-6-7-17-15(9-12)14-4-2-3-5-16(14)21-17/h2-7,9,11,13,18H,8,10,19H2,1H3. The Bertz CT molecular complexity index is 792. The average Bonchev–Trinajstić information content (AvgIpc) is 3.09. The number of rotatable bonds is 2.